The highest BCUT2D eigenvalue weighted by Crippen LogP contribution is 2.16. The van der Waals surface area contributed by atoms with Crippen LogP contribution in [0.2, 0.25) is 0 Å². The zero-order chi connectivity index (χ0) is 18.2. The van der Waals surface area contributed by atoms with E-state index >= 15 is 0 Å². The molecule has 24 heavy (non-hydrogen) atoms. The summed E-state index contributed by atoms with van der Waals surface area (Å²) in [6.07, 6.45) is -0.257. The number of nitrogens with zero attached hydrogens (tertiary/aromatic N) is 1. The molecule has 0 saturated heterocycles. The van der Waals surface area contributed by atoms with Gasteiger partial charge in [0.25, 0.3) is 0 Å². The topological polar surface area (TPSA) is 74.8 Å². The van der Waals surface area contributed by atoms with Gasteiger partial charge in [0.05, 0.1) is 12.0 Å². The zero-order valence-electron chi connectivity index (χ0n) is 14.9. The SMILES string of the molecule is CN=C(NCC(C)Oc1ccccc1F)NCC(C)(C)C(=O)NC. The Bertz CT molecular complexity index is 575. The molecule has 7 heteroatoms. The molecular formula is C17H27FN4O2. The van der Waals surface area contributed by atoms with Crippen molar-refractivity contribution in [3.8, 4) is 5.75 Å². The summed E-state index contributed by atoms with van der Waals surface area (Å²) >= 11 is 0. The van der Waals surface area contributed by atoms with Crippen LogP contribution in [-0.4, -0.2) is 45.2 Å². The monoisotopic (exact) mass is 338 g/mol. The van der Waals surface area contributed by atoms with E-state index in [1.807, 2.05) is 20.8 Å². The highest BCUT2D eigenvalue weighted by atomic mass is 19.1. The van der Waals surface area contributed by atoms with Crippen LogP contribution in [-0.2, 0) is 4.79 Å². The van der Waals surface area contributed by atoms with E-state index in [0.29, 0.717) is 19.0 Å². The summed E-state index contributed by atoms with van der Waals surface area (Å²) in [5, 5.41) is 8.84. The highest BCUT2D eigenvalue weighted by molar-refractivity contribution is 5.84. The molecule has 1 aromatic rings. The van der Waals surface area contributed by atoms with E-state index in [1.54, 1.807) is 32.3 Å². The first-order chi connectivity index (χ1) is 11.3. The number of amides is 1. The fourth-order valence-electron chi connectivity index (χ4n) is 1.98. The van der Waals surface area contributed by atoms with E-state index in [2.05, 4.69) is 20.9 Å². The molecule has 0 bridgehead atoms. The Morgan fingerprint density at radius 1 is 1.33 bits per heavy atom. The Labute approximate surface area is 142 Å². The van der Waals surface area contributed by atoms with Crippen LogP contribution in [0.1, 0.15) is 20.8 Å². The number of hydrogen-bond acceptors (Lipinski definition) is 3. The molecule has 0 aliphatic rings. The Morgan fingerprint density at radius 2 is 2.00 bits per heavy atom. The lowest BCUT2D eigenvalue weighted by atomic mass is 9.92. The van der Waals surface area contributed by atoms with Crippen LogP contribution in [0.4, 0.5) is 4.39 Å². The van der Waals surface area contributed by atoms with Gasteiger partial charge in [-0.3, -0.25) is 9.79 Å². The van der Waals surface area contributed by atoms with Gasteiger partial charge in [0.1, 0.15) is 6.10 Å². The van der Waals surface area contributed by atoms with E-state index < -0.39 is 5.41 Å². The number of halogens is 1. The van der Waals surface area contributed by atoms with Crippen molar-refractivity contribution in [1.29, 1.82) is 0 Å². The number of rotatable bonds is 7. The lowest BCUT2D eigenvalue weighted by Gasteiger charge is -2.24. The number of carbonyl (C=O) groups is 1. The van der Waals surface area contributed by atoms with Crippen molar-refractivity contribution in [2.75, 3.05) is 27.2 Å². The predicted molar refractivity (Wildman–Crippen MR) is 93.7 cm³/mol. The summed E-state index contributed by atoms with van der Waals surface area (Å²) < 4.78 is 19.1. The molecule has 1 aromatic carbocycles. The molecule has 0 radical (unpaired) electrons. The molecule has 0 aromatic heterocycles. The van der Waals surface area contributed by atoms with Gasteiger partial charge in [-0.25, -0.2) is 4.39 Å². The molecule has 1 atom stereocenters. The van der Waals surface area contributed by atoms with Gasteiger partial charge >= 0.3 is 0 Å². The minimum atomic E-state index is -0.568. The average molecular weight is 338 g/mol. The smallest absolute Gasteiger partial charge is 0.227 e. The van der Waals surface area contributed by atoms with Crippen LogP contribution >= 0.6 is 0 Å². The fourth-order valence-corrected chi connectivity index (χ4v) is 1.98. The van der Waals surface area contributed by atoms with Crippen molar-refractivity contribution in [3.63, 3.8) is 0 Å². The average Bonchev–Trinajstić information content (AvgIpc) is 2.56. The Morgan fingerprint density at radius 3 is 2.58 bits per heavy atom. The molecule has 1 unspecified atom stereocenters. The van der Waals surface area contributed by atoms with Gasteiger partial charge in [0.2, 0.25) is 5.91 Å². The summed E-state index contributed by atoms with van der Waals surface area (Å²) in [6, 6.07) is 6.28. The maximum Gasteiger partial charge on any atom is 0.227 e. The third-order valence-electron chi connectivity index (χ3n) is 3.48. The molecule has 1 rings (SSSR count). The van der Waals surface area contributed by atoms with Gasteiger partial charge < -0.3 is 20.7 Å². The maximum absolute atomic E-state index is 13.6. The summed E-state index contributed by atoms with van der Waals surface area (Å²) in [5.41, 5.74) is -0.568. The third-order valence-corrected chi connectivity index (χ3v) is 3.48. The molecular weight excluding hydrogens is 311 g/mol. The van der Waals surface area contributed by atoms with Crippen LogP contribution in [0.5, 0.6) is 5.75 Å². The molecule has 0 spiro atoms. The lowest BCUT2D eigenvalue weighted by molar-refractivity contribution is -0.128. The molecule has 0 heterocycles. The molecule has 134 valence electrons. The van der Waals surface area contributed by atoms with Crippen molar-refractivity contribution in [1.82, 2.24) is 16.0 Å². The Kier molecular flexibility index (Phi) is 7.48. The van der Waals surface area contributed by atoms with Gasteiger partial charge in [-0.1, -0.05) is 12.1 Å². The van der Waals surface area contributed by atoms with Crippen LogP contribution in [0.3, 0.4) is 0 Å². The third kappa shape index (κ3) is 6.06. The number of hydrogen-bond donors (Lipinski definition) is 3. The van der Waals surface area contributed by atoms with Crippen molar-refractivity contribution < 1.29 is 13.9 Å². The minimum Gasteiger partial charge on any atom is -0.486 e. The first-order valence-corrected chi connectivity index (χ1v) is 7.88. The van der Waals surface area contributed by atoms with Crippen molar-refractivity contribution in [3.05, 3.63) is 30.1 Å². The molecule has 6 nitrogen and oxygen atoms in total. The van der Waals surface area contributed by atoms with Gasteiger partial charge in [0, 0.05) is 20.6 Å². The molecule has 0 saturated carbocycles. The number of guanidine groups is 1. The van der Waals surface area contributed by atoms with Gasteiger partial charge in [-0.2, -0.15) is 0 Å². The normalized spacial score (nSPS) is 13.2. The Balaban J connectivity index is 2.46. The summed E-state index contributed by atoms with van der Waals surface area (Å²) in [4.78, 5) is 15.9. The standard InChI is InChI=1S/C17H27FN4O2/c1-12(24-14-9-7-6-8-13(14)18)10-21-16(20-5)22-11-17(2,3)15(23)19-4/h6-9,12H,10-11H2,1-5H3,(H,19,23)(H2,20,21,22). The summed E-state index contributed by atoms with van der Waals surface area (Å²) in [5.74, 6) is 0.326. The first-order valence-electron chi connectivity index (χ1n) is 7.88. The summed E-state index contributed by atoms with van der Waals surface area (Å²) in [6.45, 7) is 6.39. The largest absolute Gasteiger partial charge is 0.486 e. The number of nitrogens with one attached hydrogen (secondary N) is 3. The molecule has 0 fully saturated rings. The van der Waals surface area contributed by atoms with Gasteiger partial charge in [-0.05, 0) is 32.9 Å². The van der Waals surface area contributed by atoms with E-state index in [-0.39, 0.29) is 23.6 Å². The second kappa shape index (κ2) is 9.10. The molecule has 0 aliphatic heterocycles. The molecule has 0 aliphatic carbocycles. The zero-order valence-corrected chi connectivity index (χ0v) is 14.9. The van der Waals surface area contributed by atoms with E-state index in [9.17, 15) is 9.18 Å². The van der Waals surface area contributed by atoms with Crippen LogP contribution in [0.25, 0.3) is 0 Å². The van der Waals surface area contributed by atoms with Crippen molar-refractivity contribution in [2.45, 2.75) is 26.9 Å². The van der Waals surface area contributed by atoms with E-state index in [1.165, 1.54) is 6.07 Å². The highest BCUT2D eigenvalue weighted by Gasteiger charge is 2.26. The van der Waals surface area contributed by atoms with E-state index in [4.69, 9.17) is 4.74 Å². The lowest BCUT2D eigenvalue weighted by Crippen LogP contribution is -2.48. The molecule has 3 N–H and O–H groups in total. The van der Waals surface area contributed by atoms with Crippen molar-refractivity contribution >= 4 is 11.9 Å². The number of benzene rings is 1. The predicted octanol–water partition coefficient (Wildman–Crippen LogP) is 1.53. The minimum absolute atomic E-state index is 0.0540. The first kappa shape index (κ1) is 19.7. The summed E-state index contributed by atoms with van der Waals surface area (Å²) in [7, 11) is 3.25. The second-order valence-corrected chi connectivity index (χ2v) is 6.13. The van der Waals surface area contributed by atoms with Gasteiger partial charge in [-0.15, -0.1) is 0 Å². The van der Waals surface area contributed by atoms with Crippen LogP contribution in [0.15, 0.2) is 29.3 Å². The molecule has 1 amide bonds. The number of ether oxygens (including phenoxy) is 1. The number of aliphatic imine (C=N–C) groups is 1. The van der Waals surface area contributed by atoms with Crippen LogP contribution in [0, 0.1) is 11.2 Å². The Hall–Kier alpha value is -2.31. The number of para-hydroxylation sites is 1. The van der Waals surface area contributed by atoms with Gasteiger partial charge in [0.15, 0.2) is 17.5 Å². The van der Waals surface area contributed by atoms with Crippen molar-refractivity contribution in [2.24, 2.45) is 10.4 Å². The van der Waals surface area contributed by atoms with Crippen LogP contribution < -0.4 is 20.7 Å². The quantitative estimate of drug-likeness (QED) is 0.521. The fraction of sp³-hybridized carbons (Fsp3) is 0.529. The maximum atomic E-state index is 13.6. The second-order valence-electron chi connectivity index (χ2n) is 6.13. The number of carbonyl (C=O) groups excluding carboxylic acids is 1. The van der Waals surface area contributed by atoms with E-state index in [0.717, 1.165) is 0 Å².